The van der Waals surface area contributed by atoms with E-state index in [9.17, 15) is 9.90 Å². The number of carbonyl (C=O) groups is 1. The Balaban J connectivity index is 1.75. The summed E-state index contributed by atoms with van der Waals surface area (Å²) in [5.41, 5.74) is -0.736. The van der Waals surface area contributed by atoms with E-state index in [1.165, 1.54) is 12.5 Å². The average molecular weight is 277 g/mol. The number of amides is 1. The van der Waals surface area contributed by atoms with Crippen molar-refractivity contribution in [2.45, 2.75) is 44.6 Å². The van der Waals surface area contributed by atoms with Gasteiger partial charge in [-0.1, -0.05) is 13.3 Å². The lowest BCUT2D eigenvalue weighted by atomic mass is 9.78. The molecule has 4 heteroatoms. The smallest absolute Gasteiger partial charge is 0.244 e. The lowest BCUT2D eigenvalue weighted by Gasteiger charge is -2.35. The average Bonchev–Trinajstić information content (AvgIpc) is 2.97. The molecule has 20 heavy (non-hydrogen) atoms. The molecule has 1 saturated carbocycles. The molecule has 0 radical (unpaired) electrons. The van der Waals surface area contributed by atoms with Gasteiger partial charge in [0.2, 0.25) is 5.91 Å². The summed E-state index contributed by atoms with van der Waals surface area (Å²) in [6.45, 7) is 2.51. The summed E-state index contributed by atoms with van der Waals surface area (Å²) in [5, 5.41) is 13.2. The van der Waals surface area contributed by atoms with Crippen LogP contribution in [0.25, 0.3) is 6.08 Å². The molecule has 0 aromatic carbocycles. The highest BCUT2D eigenvalue weighted by Gasteiger charge is 2.32. The maximum atomic E-state index is 11.7. The Bertz CT molecular complexity index is 442. The Morgan fingerprint density at radius 1 is 1.55 bits per heavy atom. The summed E-state index contributed by atoms with van der Waals surface area (Å²) in [7, 11) is 0. The highest BCUT2D eigenvalue weighted by atomic mass is 16.3. The lowest BCUT2D eigenvalue weighted by Crippen LogP contribution is -2.45. The molecule has 0 atom stereocenters. The fourth-order valence-electron chi connectivity index (χ4n) is 2.65. The van der Waals surface area contributed by atoms with Crippen molar-refractivity contribution >= 4 is 12.0 Å². The zero-order valence-electron chi connectivity index (χ0n) is 12.0. The Kier molecular flexibility index (Phi) is 5.01. The SMILES string of the molecule is CCC1CCC(O)(CNC(=O)C=Cc2ccco2)CC1. The molecule has 1 amide bonds. The minimum Gasteiger partial charge on any atom is -0.465 e. The van der Waals surface area contributed by atoms with Crippen LogP contribution >= 0.6 is 0 Å². The van der Waals surface area contributed by atoms with E-state index in [0.717, 1.165) is 31.6 Å². The fraction of sp³-hybridized carbons (Fsp3) is 0.562. The third-order valence-corrected chi connectivity index (χ3v) is 4.15. The molecule has 4 nitrogen and oxygen atoms in total. The summed E-state index contributed by atoms with van der Waals surface area (Å²) in [6.07, 6.45) is 9.42. The Labute approximate surface area is 119 Å². The van der Waals surface area contributed by atoms with Crippen molar-refractivity contribution in [2.24, 2.45) is 5.92 Å². The van der Waals surface area contributed by atoms with Crippen LogP contribution in [0.1, 0.15) is 44.8 Å². The van der Waals surface area contributed by atoms with Gasteiger partial charge in [0.1, 0.15) is 5.76 Å². The van der Waals surface area contributed by atoms with Crippen molar-refractivity contribution in [1.82, 2.24) is 5.32 Å². The van der Waals surface area contributed by atoms with E-state index in [-0.39, 0.29) is 5.91 Å². The van der Waals surface area contributed by atoms with Crippen LogP contribution in [0.5, 0.6) is 0 Å². The number of carbonyl (C=O) groups excluding carboxylic acids is 1. The van der Waals surface area contributed by atoms with Crippen LogP contribution in [-0.4, -0.2) is 23.2 Å². The monoisotopic (exact) mass is 277 g/mol. The predicted molar refractivity (Wildman–Crippen MR) is 78.0 cm³/mol. The molecule has 1 heterocycles. The summed E-state index contributed by atoms with van der Waals surface area (Å²) >= 11 is 0. The zero-order valence-corrected chi connectivity index (χ0v) is 12.0. The normalized spacial score (nSPS) is 26.8. The van der Waals surface area contributed by atoms with Crippen molar-refractivity contribution in [2.75, 3.05) is 6.54 Å². The van der Waals surface area contributed by atoms with Crippen molar-refractivity contribution in [3.63, 3.8) is 0 Å². The van der Waals surface area contributed by atoms with Crippen molar-refractivity contribution in [3.05, 3.63) is 30.2 Å². The first-order valence-corrected chi connectivity index (χ1v) is 7.33. The first-order valence-electron chi connectivity index (χ1n) is 7.33. The highest BCUT2D eigenvalue weighted by molar-refractivity contribution is 5.91. The van der Waals surface area contributed by atoms with Gasteiger partial charge in [0.05, 0.1) is 11.9 Å². The first kappa shape index (κ1) is 14.9. The maximum absolute atomic E-state index is 11.7. The second-order valence-electron chi connectivity index (χ2n) is 5.64. The molecule has 0 saturated heterocycles. The molecule has 1 fully saturated rings. The number of rotatable bonds is 5. The largest absolute Gasteiger partial charge is 0.465 e. The predicted octanol–water partition coefficient (Wildman–Crippen LogP) is 2.74. The van der Waals surface area contributed by atoms with Gasteiger partial charge in [-0.2, -0.15) is 0 Å². The van der Waals surface area contributed by atoms with Crippen molar-refractivity contribution in [1.29, 1.82) is 0 Å². The molecule has 1 aromatic heterocycles. The zero-order chi connectivity index (χ0) is 14.4. The van der Waals surface area contributed by atoms with Crippen LogP contribution in [0.15, 0.2) is 28.9 Å². The van der Waals surface area contributed by atoms with Crippen molar-refractivity contribution < 1.29 is 14.3 Å². The van der Waals surface area contributed by atoms with Gasteiger partial charge >= 0.3 is 0 Å². The number of hydrogen-bond acceptors (Lipinski definition) is 3. The van der Waals surface area contributed by atoms with Crippen LogP contribution in [0.4, 0.5) is 0 Å². The van der Waals surface area contributed by atoms with E-state index in [2.05, 4.69) is 12.2 Å². The van der Waals surface area contributed by atoms with Gasteiger partial charge in [-0.3, -0.25) is 4.79 Å². The van der Waals surface area contributed by atoms with Gasteiger partial charge in [-0.05, 0) is 49.8 Å². The molecular formula is C16H23NO3. The molecule has 1 aliphatic rings. The third-order valence-electron chi connectivity index (χ3n) is 4.15. The van der Waals surface area contributed by atoms with E-state index in [4.69, 9.17) is 4.42 Å². The Hall–Kier alpha value is -1.55. The fourth-order valence-corrected chi connectivity index (χ4v) is 2.65. The van der Waals surface area contributed by atoms with E-state index in [1.54, 1.807) is 24.5 Å². The molecule has 0 aliphatic heterocycles. The minimum absolute atomic E-state index is 0.201. The van der Waals surface area contributed by atoms with Crippen LogP contribution in [0, 0.1) is 5.92 Å². The Morgan fingerprint density at radius 3 is 2.90 bits per heavy atom. The van der Waals surface area contributed by atoms with Gasteiger partial charge in [-0.15, -0.1) is 0 Å². The maximum Gasteiger partial charge on any atom is 0.244 e. The standard InChI is InChI=1S/C16H23NO3/c1-2-13-7-9-16(19,10-8-13)12-17-15(18)6-5-14-4-3-11-20-14/h3-6,11,13,19H,2,7-10,12H2,1H3,(H,17,18). The van der Waals surface area contributed by atoms with Gasteiger partial charge in [-0.25, -0.2) is 0 Å². The summed E-state index contributed by atoms with van der Waals surface area (Å²) in [5.74, 6) is 1.17. The van der Waals surface area contributed by atoms with E-state index in [1.807, 2.05) is 0 Å². The number of nitrogens with one attached hydrogen (secondary N) is 1. The minimum atomic E-state index is -0.736. The van der Waals surface area contributed by atoms with Crippen LogP contribution < -0.4 is 5.32 Å². The van der Waals surface area contributed by atoms with Gasteiger partial charge in [0, 0.05) is 12.6 Å². The molecule has 0 unspecified atom stereocenters. The van der Waals surface area contributed by atoms with Crippen molar-refractivity contribution in [3.8, 4) is 0 Å². The lowest BCUT2D eigenvalue weighted by molar-refractivity contribution is -0.118. The molecule has 2 rings (SSSR count). The van der Waals surface area contributed by atoms with Gasteiger partial charge in [0.15, 0.2) is 0 Å². The molecule has 0 bridgehead atoms. The second-order valence-corrected chi connectivity index (χ2v) is 5.64. The summed E-state index contributed by atoms with van der Waals surface area (Å²) in [6, 6.07) is 3.55. The van der Waals surface area contributed by atoms with E-state index in [0.29, 0.717) is 12.3 Å². The number of hydrogen-bond donors (Lipinski definition) is 2. The quantitative estimate of drug-likeness (QED) is 0.813. The third kappa shape index (κ3) is 4.23. The summed E-state index contributed by atoms with van der Waals surface area (Å²) < 4.78 is 5.11. The molecule has 1 aromatic rings. The van der Waals surface area contributed by atoms with Gasteiger partial charge < -0.3 is 14.8 Å². The van der Waals surface area contributed by atoms with E-state index < -0.39 is 5.60 Å². The van der Waals surface area contributed by atoms with Gasteiger partial charge in [0.25, 0.3) is 0 Å². The molecule has 0 spiro atoms. The van der Waals surface area contributed by atoms with Crippen LogP contribution in [0.3, 0.4) is 0 Å². The van der Waals surface area contributed by atoms with Crippen LogP contribution in [-0.2, 0) is 4.79 Å². The number of furan rings is 1. The molecular weight excluding hydrogens is 254 g/mol. The molecule has 1 aliphatic carbocycles. The number of aliphatic hydroxyl groups is 1. The first-order chi connectivity index (χ1) is 9.61. The second kappa shape index (κ2) is 6.75. The van der Waals surface area contributed by atoms with E-state index >= 15 is 0 Å². The van der Waals surface area contributed by atoms with Crippen LogP contribution in [0.2, 0.25) is 0 Å². The Morgan fingerprint density at radius 2 is 2.30 bits per heavy atom. The highest BCUT2D eigenvalue weighted by Crippen LogP contribution is 2.33. The summed E-state index contributed by atoms with van der Waals surface area (Å²) in [4.78, 5) is 11.7. The topological polar surface area (TPSA) is 62.5 Å². The molecule has 110 valence electrons. The molecule has 2 N–H and O–H groups in total.